The van der Waals surface area contributed by atoms with Crippen LogP contribution in [0, 0.1) is 0 Å². The van der Waals surface area contributed by atoms with E-state index in [1.807, 2.05) is 31.3 Å². The molecule has 0 amide bonds. The summed E-state index contributed by atoms with van der Waals surface area (Å²) in [5, 5.41) is 29.3. The zero-order chi connectivity index (χ0) is 21.2. The van der Waals surface area contributed by atoms with Crippen molar-refractivity contribution in [1.82, 2.24) is 5.32 Å². The molecule has 4 N–H and O–H groups in total. The molecule has 0 heterocycles. The third-order valence-corrected chi connectivity index (χ3v) is 4.44. The largest absolute Gasteiger partial charge is 0.478 e. The number of aliphatic hydroxyl groups excluding tert-OH is 1. The minimum atomic E-state index is -1.26. The summed E-state index contributed by atoms with van der Waals surface area (Å²) in [6.45, 7) is 0.955. The summed E-state index contributed by atoms with van der Waals surface area (Å²) in [7, 11) is 1.97. The van der Waals surface area contributed by atoms with Crippen LogP contribution in [0.4, 0.5) is 0 Å². The van der Waals surface area contributed by atoms with Crippen molar-refractivity contribution in [2.45, 2.75) is 18.9 Å². The molecular weight excluding hydrogens is 370 g/mol. The van der Waals surface area contributed by atoms with Crippen LogP contribution in [0.15, 0.2) is 66.8 Å². The molecule has 3 rings (SSSR count). The molecule has 0 aromatic heterocycles. The van der Waals surface area contributed by atoms with Crippen molar-refractivity contribution in [2.75, 3.05) is 13.6 Å². The Labute approximate surface area is 169 Å². The number of rotatable bonds is 5. The highest BCUT2D eigenvalue weighted by molar-refractivity contribution is 5.89. The molecule has 2 aromatic carbocycles. The number of carbonyl (C=O) groups is 2. The van der Waals surface area contributed by atoms with Gasteiger partial charge in [0.2, 0.25) is 0 Å². The minimum Gasteiger partial charge on any atom is -0.478 e. The molecule has 0 spiro atoms. The number of nitrogens with one attached hydrogen (secondary N) is 1. The van der Waals surface area contributed by atoms with Crippen molar-refractivity contribution < 1.29 is 24.9 Å². The van der Waals surface area contributed by atoms with E-state index >= 15 is 0 Å². The molecule has 29 heavy (non-hydrogen) atoms. The fraction of sp³-hybridized carbons (Fsp3) is 0.217. The van der Waals surface area contributed by atoms with E-state index in [0.29, 0.717) is 18.6 Å². The summed E-state index contributed by atoms with van der Waals surface area (Å²) in [5.41, 5.74) is 5.90. The van der Waals surface area contributed by atoms with Crippen LogP contribution >= 0.6 is 0 Å². The summed E-state index contributed by atoms with van der Waals surface area (Å²) in [4.78, 5) is 19.1. The first-order valence-electron chi connectivity index (χ1n) is 9.28. The van der Waals surface area contributed by atoms with Crippen LogP contribution in [0.3, 0.4) is 0 Å². The standard InChI is InChI=1S/C19H21NO.C4H4O4/c1-20-12-6-11-16-15-8-3-2-7-14(15)13-19(21)18-10-5-4-9-17(16)18;5-3(6)1-2-4(7)8/h2-5,7-11,19-21H,6,12-13H2,1H3;1-2H,(H,5,6)(H,7,8)/b16-11+;2-1-. The Kier molecular flexibility index (Phi) is 8.33. The highest BCUT2D eigenvalue weighted by Gasteiger charge is 2.22. The average molecular weight is 395 g/mol. The van der Waals surface area contributed by atoms with Crippen LogP contribution in [0.2, 0.25) is 0 Å². The van der Waals surface area contributed by atoms with Gasteiger partial charge in [0.1, 0.15) is 0 Å². The van der Waals surface area contributed by atoms with E-state index in [9.17, 15) is 14.7 Å². The summed E-state index contributed by atoms with van der Waals surface area (Å²) in [6, 6.07) is 16.6. The molecule has 0 bridgehead atoms. The van der Waals surface area contributed by atoms with Crippen LogP contribution in [0.5, 0.6) is 0 Å². The van der Waals surface area contributed by atoms with Crippen molar-refractivity contribution in [3.05, 3.63) is 89.0 Å². The number of aliphatic carboxylic acids is 2. The molecule has 1 aliphatic rings. The molecule has 0 saturated heterocycles. The van der Waals surface area contributed by atoms with E-state index in [2.05, 4.69) is 35.7 Å². The second-order valence-corrected chi connectivity index (χ2v) is 6.48. The van der Waals surface area contributed by atoms with Crippen molar-refractivity contribution in [2.24, 2.45) is 0 Å². The highest BCUT2D eigenvalue weighted by atomic mass is 16.4. The van der Waals surface area contributed by atoms with E-state index in [0.717, 1.165) is 24.1 Å². The van der Waals surface area contributed by atoms with Crippen molar-refractivity contribution >= 4 is 17.5 Å². The third-order valence-electron chi connectivity index (χ3n) is 4.44. The van der Waals surface area contributed by atoms with Gasteiger partial charge in [0.25, 0.3) is 0 Å². The summed E-state index contributed by atoms with van der Waals surface area (Å²) in [5.74, 6) is -2.51. The molecule has 0 saturated carbocycles. The molecule has 6 nitrogen and oxygen atoms in total. The second kappa shape index (κ2) is 10.9. The van der Waals surface area contributed by atoms with Gasteiger partial charge in [-0.2, -0.15) is 0 Å². The molecule has 1 unspecified atom stereocenters. The maximum atomic E-state index is 10.5. The van der Waals surface area contributed by atoms with E-state index < -0.39 is 18.0 Å². The Morgan fingerprint density at radius 3 is 2.21 bits per heavy atom. The maximum absolute atomic E-state index is 10.5. The predicted octanol–water partition coefficient (Wildman–Crippen LogP) is 3.03. The van der Waals surface area contributed by atoms with Gasteiger partial charge in [-0.05, 0) is 47.8 Å². The minimum absolute atomic E-state index is 0.433. The maximum Gasteiger partial charge on any atom is 0.328 e. The zero-order valence-corrected chi connectivity index (χ0v) is 16.2. The number of fused-ring (bicyclic) bond motifs is 2. The topological polar surface area (TPSA) is 107 Å². The first-order valence-corrected chi connectivity index (χ1v) is 9.28. The average Bonchev–Trinajstić information content (AvgIpc) is 2.82. The molecule has 152 valence electrons. The van der Waals surface area contributed by atoms with Gasteiger partial charge in [-0.15, -0.1) is 0 Å². The fourth-order valence-corrected chi connectivity index (χ4v) is 3.18. The van der Waals surface area contributed by atoms with Crippen LogP contribution in [-0.4, -0.2) is 40.9 Å². The molecule has 0 fully saturated rings. The fourth-order valence-electron chi connectivity index (χ4n) is 3.18. The number of aliphatic hydroxyl groups is 1. The van der Waals surface area contributed by atoms with Crippen molar-refractivity contribution in [3.63, 3.8) is 0 Å². The third kappa shape index (κ3) is 6.41. The lowest BCUT2D eigenvalue weighted by Crippen LogP contribution is -2.06. The molecule has 0 aliphatic heterocycles. The van der Waals surface area contributed by atoms with Gasteiger partial charge in [-0.3, -0.25) is 0 Å². The van der Waals surface area contributed by atoms with Crippen LogP contribution in [0.1, 0.15) is 34.8 Å². The van der Waals surface area contributed by atoms with Gasteiger partial charge in [-0.25, -0.2) is 9.59 Å². The number of hydrogen-bond donors (Lipinski definition) is 4. The van der Waals surface area contributed by atoms with Crippen LogP contribution in [-0.2, 0) is 16.0 Å². The molecule has 0 radical (unpaired) electrons. The smallest absolute Gasteiger partial charge is 0.328 e. The SMILES string of the molecule is CNCC/C=C1\c2ccccc2CC(O)c2ccccc21.O=C(O)/C=C\C(=O)O. The summed E-state index contributed by atoms with van der Waals surface area (Å²) < 4.78 is 0. The lowest BCUT2D eigenvalue weighted by Gasteiger charge is -2.13. The lowest BCUT2D eigenvalue weighted by atomic mass is 9.93. The predicted molar refractivity (Wildman–Crippen MR) is 112 cm³/mol. The number of hydrogen-bond acceptors (Lipinski definition) is 4. The summed E-state index contributed by atoms with van der Waals surface area (Å²) in [6.07, 6.45) is 4.62. The van der Waals surface area contributed by atoms with Gasteiger partial charge in [-0.1, -0.05) is 54.6 Å². The highest BCUT2D eigenvalue weighted by Crippen LogP contribution is 2.37. The van der Waals surface area contributed by atoms with E-state index in [1.165, 1.54) is 16.7 Å². The molecule has 6 heteroatoms. The van der Waals surface area contributed by atoms with Gasteiger partial charge in [0.15, 0.2) is 0 Å². The molecular formula is C23H25NO5. The molecule has 1 atom stereocenters. The Balaban J connectivity index is 0.000000321. The number of carboxylic acid groups (broad SMARTS) is 2. The second-order valence-electron chi connectivity index (χ2n) is 6.48. The number of carboxylic acids is 2. The van der Waals surface area contributed by atoms with Gasteiger partial charge in [0, 0.05) is 18.6 Å². The van der Waals surface area contributed by atoms with Crippen LogP contribution < -0.4 is 5.32 Å². The van der Waals surface area contributed by atoms with Gasteiger partial charge in [0.05, 0.1) is 6.10 Å². The monoisotopic (exact) mass is 395 g/mol. The summed E-state index contributed by atoms with van der Waals surface area (Å²) >= 11 is 0. The Morgan fingerprint density at radius 2 is 1.59 bits per heavy atom. The van der Waals surface area contributed by atoms with Gasteiger partial charge >= 0.3 is 11.9 Å². The van der Waals surface area contributed by atoms with Crippen molar-refractivity contribution in [3.8, 4) is 0 Å². The molecule has 1 aliphatic carbocycles. The van der Waals surface area contributed by atoms with E-state index in [-0.39, 0.29) is 0 Å². The first kappa shape index (κ1) is 22.1. The zero-order valence-electron chi connectivity index (χ0n) is 16.2. The Hall–Kier alpha value is -3.22. The van der Waals surface area contributed by atoms with E-state index in [1.54, 1.807) is 0 Å². The Morgan fingerprint density at radius 1 is 1.00 bits per heavy atom. The first-order chi connectivity index (χ1) is 13.9. The van der Waals surface area contributed by atoms with E-state index in [4.69, 9.17) is 10.2 Å². The Bertz CT molecular complexity index is 901. The van der Waals surface area contributed by atoms with Crippen molar-refractivity contribution in [1.29, 1.82) is 0 Å². The van der Waals surface area contributed by atoms with Crippen LogP contribution in [0.25, 0.3) is 5.57 Å². The lowest BCUT2D eigenvalue weighted by molar-refractivity contribution is -0.134. The quantitative estimate of drug-likeness (QED) is 0.458. The number of benzene rings is 2. The molecule has 2 aromatic rings. The normalized spacial score (nSPS) is 16.3. The van der Waals surface area contributed by atoms with Gasteiger partial charge < -0.3 is 20.6 Å².